The number of likely N-dealkylation sites (tertiary alicyclic amines) is 1. The van der Waals surface area contributed by atoms with Crippen LogP contribution >= 0.6 is 0 Å². The number of nitrogens with one attached hydrogen (secondary N) is 1. The second-order valence-electron chi connectivity index (χ2n) is 24.6. The number of anilines is 2. The summed E-state index contributed by atoms with van der Waals surface area (Å²) in [6.07, 6.45) is 8.96. The standard InChI is InChI=1S/C23H25N5O5.C20H28N2O5.C20H34O4/c1-30-18-11-14-15(12-19(18)31-2)25-23(26-21(14)24)28-9-7-27(8-10-28)22(29)20-13-32-16-5-3-4-6-17(16)33-20;1-3-27-20(26)16(12-11-15-8-5-4-6-9-15)21-14(2)18(23)22-13-7-10-17(22)19(24)25;1-17(11-21)15-4-3-13-9-14-10-19(13,7-8-20(14,24)12-22)18(15,2)6-5-16(17)23/h3-6,11-12,20H,7-10,13H2,1-2H3,(H2,24,25,26);4-6,8-9,14,16-17,21H,3,7,10-13H2,1-2H3,(H,24,25);13-16,21-24H,3-12H2,1-2H3/t;14-,16-,17-;13-,14+,15-,16+,17-,18-,19-,20-/m.00/s1. The Kier molecular flexibility index (Phi) is 19.2. The molecule has 4 aliphatic carbocycles. The molecular formula is C63H87N7O14. The average Bonchev–Trinajstić information content (AvgIpc) is 1.42. The molecule has 8 N–H and O–H groups in total. The van der Waals surface area contributed by atoms with Crippen molar-refractivity contribution in [2.75, 3.05) is 84.0 Å². The first-order valence-corrected chi connectivity index (χ1v) is 30.0. The quantitative estimate of drug-likeness (QED) is 0.0733. The topological polar surface area (TPSA) is 289 Å². The first-order chi connectivity index (χ1) is 40.3. The summed E-state index contributed by atoms with van der Waals surface area (Å²) in [6.45, 7) is 10.9. The van der Waals surface area contributed by atoms with Crippen molar-refractivity contribution in [1.82, 2.24) is 25.1 Å². The highest BCUT2D eigenvalue weighted by Crippen LogP contribution is 2.75. The number of aromatic nitrogens is 2. The summed E-state index contributed by atoms with van der Waals surface area (Å²) in [4.78, 5) is 63.7. The first kappa shape index (κ1) is 62.0. The number of rotatable bonds is 15. The van der Waals surface area contributed by atoms with Gasteiger partial charge >= 0.3 is 11.9 Å². The fourth-order valence-corrected chi connectivity index (χ4v) is 15.4. The van der Waals surface area contributed by atoms with E-state index >= 15 is 0 Å². The number of piperazine rings is 1. The Morgan fingerprint density at radius 1 is 0.857 bits per heavy atom. The van der Waals surface area contributed by atoms with E-state index in [0.717, 1.165) is 50.5 Å². The number of carbonyl (C=O) groups is 4. The van der Waals surface area contributed by atoms with Crippen molar-refractivity contribution in [2.24, 2.45) is 34.0 Å². The molecule has 458 valence electrons. The predicted octanol–water partition coefficient (Wildman–Crippen LogP) is 5.41. The van der Waals surface area contributed by atoms with Gasteiger partial charge < -0.3 is 69.7 Å². The van der Waals surface area contributed by atoms with Gasteiger partial charge in [0.15, 0.2) is 23.0 Å². The van der Waals surface area contributed by atoms with E-state index in [4.69, 9.17) is 29.4 Å². The lowest BCUT2D eigenvalue weighted by atomic mass is 9.39. The molecule has 2 saturated heterocycles. The molecule has 2 amide bonds. The van der Waals surface area contributed by atoms with Crippen LogP contribution < -0.4 is 34.9 Å². The van der Waals surface area contributed by atoms with E-state index in [2.05, 4.69) is 29.1 Å². The van der Waals surface area contributed by atoms with Gasteiger partial charge in [-0.05, 0) is 143 Å². The summed E-state index contributed by atoms with van der Waals surface area (Å²) >= 11 is 0. The van der Waals surface area contributed by atoms with Crippen LogP contribution in [-0.4, -0.2) is 178 Å². The van der Waals surface area contributed by atoms with Gasteiger partial charge in [-0.1, -0.05) is 56.3 Å². The van der Waals surface area contributed by atoms with Crippen molar-refractivity contribution in [2.45, 2.75) is 141 Å². The van der Waals surface area contributed by atoms with Crippen molar-refractivity contribution >= 4 is 46.4 Å². The lowest BCUT2D eigenvalue weighted by molar-refractivity contribution is -0.216. The molecule has 3 aliphatic heterocycles. The van der Waals surface area contributed by atoms with Crippen molar-refractivity contribution < 1.29 is 68.4 Å². The van der Waals surface area contributed by atoms with Crippen LogP contribution in [0.1, 0.15) is 104 Å². The highest BCUT2D eigenvalue weighted by molar-refractivity contribution is 5.92. The number of esters is 1. The van der Waals surface area contributed by atoms with E-state index in [-0.39, 0.29) is 55.0 Å². The first-order valence-electron chi connectivity index (χ1n) is 30.0. The molecule has 3 aromatic carbocycles. The molecule has 11 rings (SSSR count). The summed E-state index contributed by atoms with van der Waals surface area (Å²) in [5.74, 6) is 2.68. The third kappa shape index (κ3) is 12.2. The summed E-state index contributed by atoms with van der Waals surface area (Å²) in [6, 6.07) is 18.6. The summed E-state index contributed by atoms with van der Waals surface area (Å²) < 4.78 is 27.4. The average molecular weight is 1170 g/mol. The van der Waals surface area contributed by atoms with Gasteiger partial charge in [-0.2, -0.15) is 4.98 Å². The zero-order valence-electron chi connectivity index (χ0n) is 49.5. The molecule has 1 aromatic heterocycles. The SMILES string of the molecule is CCOC(=O)[C@H](CCc1ccccc1)N[C@@H](C)C(=O)N1CCC[C@H]1C(=O)O.COc1cc2nc(N3CCN(C(=O)C4COc5ccccc5O4)CC3)nc(N)c2cc1OC.C[C@@]1(CO)[C@H](O)CC[C@@]2(C)[C@H]1CC[C@H]1C[C@@H]3C[C@@]12CC[C@]3(O)CO. The minimum Gasteiger partial charge on any atom is -0.493 e. The van der Waals surface area contributed by atoms with Gasteiger partial charge in [0.25, 0.3) is 5.91 Å². The van der Waals surface area contributed by atoms with E-state index in [9.17, 15) is 44.7 Å². The van der Waals surface area contributed by atoms with E-state index in [1.165, 1.54) is 4.90 Å². The van der Waals surface area contributed by atoms with Gasteiger partial charge in [0.2, 0.25) is 18.0 Å². The Bertz CT molecular complexity index is 2970. The minimum atomic E-state index is -0.987. The van der Waals surface area contributed by atoms with Gasteiger partial charge in [-0.3, -0.25) is 19.7 Å². The maximum absolute atomic E-state index is 13.0. The fourth-order valence-electron chi connectivity index (χ4n) is 15.4. The Labute approximate surface area is 492 Å². The summed E-state index contributed by atoms with van der Waals surface area (Å²) in [7, 11) is 3.14. The smallest absolute Gasteiger partial charge is 0.326 e. The number of fused-ring (bicyclic) bond motifs is 4. The number of amides is 2. The molecule has 12 atom stereocenters. The number of hydrogen-bond donors (Lipinski definition) is 7. The van der Waals surface area contributed by atoms with Gasteiger partial charge in [0.05, 0.1) is 57.3 Å². The Balaban J connectivity index is 0.000000153. The number of nitrogen functional groups attached to an aromatic ring is 1. The van der Waals surface area contributed by atoms with E-state index in [0.29, 0.717) is 122 Å². The molecule has 7 aliphatic rings. The highest BCUT2D eigenvalue weighted by Gasteiger charge is 2.70. The van der Waals surface area contributed by atoms with Crippen LogP contribution in [0, 0.1) is 34.0 Å². The van der Waals surface area contributed by atoms with Gasteiger partial charge in [-0.15, -0.1) is 0 Å². The van der Waals surface area contributed by atoms with Gasteiger partial charge in [-0.25, -0.2) is 9.78 Å². The number of hydrogen-bond acceptors (Lipinski definition) is 18. The molecule has 21 nitrogen and oxygen atoms in total. The molecule has 0 radical (unpaired) electrons. The Morgan fingerprint density at radius 2 is 1.56 bits per heavy atom. The van der Waals surface area contributed by atoms with E-state index < -0.39 is 53.3 Å². The van der Waals surface area contributed by atoms with Crippen LogP contribution in [0.25, 0.3) is 10.9 Å². The maximum Gasteiger partial charge on any atom is 0.326 e. The number of nitrogens with zero attached hydrogens (tertiary/aromatic N) is 5. The largest absolute Gasteiger partial charge is 0.493 e. The van der Waals surface area contributed by atoms with Crippen LogP contribution in [0.2, 0.25) is 0 Å². The predicted molar refractivity (Wildman–Crippen MR) is 314 cm³/mol. The number of aryl methyl sites for hydroxylation is 1. The molecular weight excluding hydrogens is 1080 g/mol. The monoisotopic (exact) mass is 1170 g/mol. The molecule has 6 fully saturated rings. The molecule has 1 spiro atoms. The molecule has 1 unspecified atom stereocenters. The summed E-state index contributed by atoms with van der Waals surface area (Å²) in [5.41, 5.74) is 7.03. The van der Waals surface area contributed by atoms with Crippen LogP contribution in [0.15, 0.2) is 66.7 Å². The molecule has 4 saturated carbocycles. The number of methoxy groups -OCH3 is 2. The number of aliphatic carboxylic acids is 1. The molecule has 21 heteroatoms. The van der Waals surface area contributed by atoms with Crippen LogP contribution in [-0.2, 0) is 30.3 Å². The fraction of sp³-hybridized carbons (Fsp3) is 0.619. The second-order valence-corrected chi connectivity index (χ2v) is 24.6. The van der Waals surface area contributed by atoms with Crippen molar-refractivity contribution in [3.8, 4) is 23.0 Å². The highest BCUT2D eigenvalue weighted by atomic mass is 16.6. The Morgan fingerprint density at radius 3 is 2.24 bits per heavy atom. The third-order valence-electron chi connectivity index (χ3n) is 20.2. The number of ether oxygens (including phenoxy) is 5. The third-order valence-corrected chi connectivity index (χ3v) is 20.2. The number of aliphatic hydroxyl groups excluding tert-OH is 3. The summed E-state index contributed by atoms with van der Waals surface area (Å²) in [5, 5.41) is 54.4. The van der Waals surface area contributed by atoms with Gasteiger partial charge in [0, 0.05) is 49.6 Å². The number of nitrogens with two attached hydrogens (primary N) is 1. The number of carbonyl (C=O) groups excluding carboxylic acids is 3. The molecule has 4 aromatic rings. The number of aliphatic hydroxyl groups is 4. The maximum atomic E-state index is 13.0. The van der Waals surface area contributed by atoms with Crippen molar-refractivity contribution in [3.63, 3.8) is 0 Å². The zero-order valence-corrected chi connectivity index (χ0v) is 49.5. The normalized spacial score (nSPS) is 30.0. The molecule has 4 heterocycles. The minimum absolute atomic E-state index is 0.0547. The lowest BCUT2D eigenvalue weighted by Crippen LogP contribution is -2.63. The van der Waals surface area contributed by atoms with Gasteiger partial charge in [0.1, 0.15) is 24.5 Å². The van der Waals surface area contributed by atoms with Crippen LogP contribution in [0.5, 0.6) is 23.0 Å². The Hall–Kier alpha value is -6.52. The molecule has 2 bridgehead atoms. The van der Waals surface area contributed by atoms with Crippen molar-refractivity contribution in [3.05, 3.63) is 72.3 Å². The van der Waals surface area contributed by atoms with Crippen LogP contribution in [0.4, 0.5) is 11.8 Å². The molecule has 84 heavy (non-hydrogen) atoms. The van der Waals surface area contributed by atoms with Crippen molar-refractivity contribution in [1.29, 1.82) is 0 Å². The lowest BCUT2D eigenvalue weighted by Gasteiger charge is -2.66. The second kappa shape index (κ2) is 26.0. The van der Waals surface area contributed by atoms with E-state index in [1.54, 1.807) is 51.2 Å². The number of carboxylic acids is 1. The number of carboxylic acid groups (broad SMARTS) is 1. The number of para-hydroxylation sites is 2. The zero-order chi connectivity index (χ0) is 60.1. The van der Waals surface area contributed by atoms with Crippen LogP contribution in [0.3, 0.4) is 0 Å². The van der Waals surface area contributed by atoms with E-state index in [1.807, 2.05) is 53.4 Å². The number of benzene rings is 3.